The summed E-state index contributed by atoms with van der Waals surface area (Å²) in [6, 6.07) is 2.41. The van der Waals surface area contributed by atoms with Gasteiger partial charge in [0.1, 0.15) is 6.04 Å². The summed E-state index contributed by atoms with van der Waals surface area (Å²) in [7, 11) is 0. The fraction of sp³-hybridized carbons (Fsp3) is 0.533. The van der Waals surface area contributed by atoms with E-state index < -0.39 is 23.8 Å². The number of amides is 2. The molecule has 1 aliphatic heterocycles. The van der Waals surface area contributed by atoms with Crippen molar-refractivity contribution in [3.05, 3.63) is 24.2 Å². The zero-order valence-electron chi connectivity index (χ0n) is 12.6. The van der Waals surface area contributed by atoms with Crippen LogP contribution in [0.4, 0.5) is 0 Å². The van der Waals surface area contributed by atoms with Crippen LogP contribution in [-0.4, -0.2) is 46.9 Å². The van der Waals surface area contributed by atoms with E-state index in [-0.39, 0.29) is 24.1 Å². The molecular formula is C15H20N2O5. The number of nitrogens with one attached hydrogen (secondary N) is 1. The zero-order valence-corrected chi connectivity index (χ0v) is 12.6. The van der Waals surface area contributed by atoms with Crippen LogP contribution in [0.1, 0.15) is 30.8 Å². The Bertz CT molecular complexity index is 552. The average molecular weight is 308 g/mol. The van der Waals surface area contributed by atoms with Crippen LogP contribution in [0.25, 0.3) is 0 Å². The minimum atomic E-state index is -0.893. The number of likely N-dealkylation sites (tertiary alicyclic amines) is 1. The fourth-order valence-electron chi connectivity index (χ4n) is 2.49. The molecule has 7 heteroatoms. The highest BCUT2D eigenvalue weighted by atomic mass is 16.4. The molecule has 0 radical (unpaired) electrons. The molecule has 2 unspecified atom stereocenters. The van der Waals surface area contributed by atoms with Gasteiger partial charge in [0.25, 0.3) is 5.91 Å². The zero-order chi connectivity index (χ0) is 16.3. The summed E-state index contributed by atoms with van der Waals surface area (Å²) in [6.07, 6.45) is 1.83. The summed E-state index contributed by atoms with van der Waals surface area (Å²) in [4.78, 5) is 37.1. The molecule has 2 amide bonds. The summed E-state index contributed by atoms with van der Waals surface area (Å²) in [6.45, 7) is 4.25. The van der Waals surface area contributed by atoms with E-state index in [1.807, 2.05) is 13.8 Å². The van der Waals surface area contributed by atoms with Crippen LogP contribution in [0.5, 0.6) is 0 Å². The van der Waals surface area contributed by atoms with Gasteiger partial charge >= 0.3 is 5.97 Å². The number of aliphatic carboxylic acids is 1. The molecule has 0 saturated carbocycles. The van der Waals surface area contributed by atoms with Crippen molar-refractivity contribution in [3.63, 3.8) is 0 Å². The van der Waals surface area contributed by atoms with Gasteiger partial charge in [0, 0.05) is 13.1 Å². The third-order valence-corrected chi connectivity index (χ3v) is 3.81. The molecular weight excluding hydrogens is 288 g/mol. The Morgan fingerprint density at radius 3 is 2.64 bits per heavy atom. The van der Waals surface area contributed by atoms with Gasteiger partial charge in [-0.15, -0.1) is 0 Å². The van der Waals surface area contributed by atoms with E-state index in [2.05, 4.69) is 5.32 Å². The smallest absolute Gasteiger partial charge is 0.308 e. The highest BCUT2D eigenvalue weighted by molar-refractivity contribution is 5.95. The first-order valence-corrected chi connectivity index (χ1v) is 7.26. The summed E-state index contributed by atoms with van der Waals surface area (Å²) in [5.74, 6) is -2.10. The molecule has 1 saturated heterocycles. The first-order chi connectivity index (χ1) is 10.4. The SMILES string of the molecule is CC(C)C(NC(=O)c1ccco1)C(=O)N1CCC(C(=O)O)C1. The van der Waals surface area contributed by atoms with E-state index in [0.717, 1.165) is 0 Å². The molecule has 2 heterocycles. The Morgan fingerprint density at radius 1 is 1.41 bits per heavy atom. The van der Waals surface area contributed by atoms with Crippen molar-refractivity contribution in [2.24, 2.45) is 11.8 Å². The van der Waals surface area contributed by atoms with Gasteiger partial charge in [-0.25, -0.2) is 0 Å². The monoisotopic (exact) mass is 308 g/mol. The van der Waals surface area contributed by atoms with Crippen molar-refractivity contribution in [3.8, 4) is 0 Å². The van der Waals surface area contributed by atoms with E-state index >= 15 is 0 Å². The Kier molecular flexibility index (Phi) is 4.85. The minimum absolute atomic E-state index is 0.115. The van der Waals surface area contributed by atoms with E-state index in [1.54, 1.807) is 6.07 Å². The van der Waals surface area contributed by atoms with Crippen molar-refractivity contribution < 1.29 is 23.9 Å². The molecule has 120 valence electrons. The van der Waals surface area contributed by atoms with E-state index in [0.29, 0.717) is 13.0 Å². The summed E-state index contributed by atoms with van der Waals surface area (Å²) < 4.78 is 5.01. The fourth-order valence-corrected chi connectivity index (χ4v) is 2.49. The third kappa shape index (κ3) is 3.47. The summed E-state index contributed by atoms with van der Waals surface area (Å²) in [5.41, 5.74) is 0. The summed E-state index contributed by atoms with van der Waals surface area (Å²) in [5, 5.41) is 11.7. The molecule has 0 spiro atoms. The summed E-state index contributed by atoms with van der Waals surface area (Å²) >= 11 is 0. The maximum absolute atomic E-state index is 12.5. The van der Waals surface area contributed by atoms with Crippen molar-refractivity contribution in [2.45, 2.75) is 26.3 Å². The van der Waals surface area contributed by atoms with Crippen LogP contribution in [-0.2, 0) is 9.59 Å². The lowest BCUT2D eigenvalue weighted by Gasteiger charge is -2.26. The molecule has 1 aromatic rings. The van der Waals surface area contributed by atoms with Crippen LogP contribution < -0.4 is 5.32 Å². The number of hydrogen-bond donors (Lipinski definition) is 2. The van der Waals surface area contributed by atoms with Crippen molar-refractivity contribution in [1.29, 1.82) is 0 Å². The molecule has 2 rings (SSSR count). The van der Waals surface area contributed by atoms with Gasteiger partial charge < -0.3 is 19.7 Å². The number of carboxylic acid groups (broad SMARTS) is 1. The maximum atomic E-state index is 12.5. The molecule has 1 aromatic heterocycles. The number of carbonyl (C=O) groups is 3. The first-order valence-electron chi connectivity index (χ1n) is 7.26. The molecule has 1 fully saturated rings. The van der Waals surface area contributed by atoms with Gasteiger partial charge in [-0.05, 0) is 24.5 Å². The Balaban J connectivity index is 2.03. The second kappa shape index (κ2) is 6.64. The lowest BCUT2D eigenvalue weighted by Crippen LogP contribution is -2.50. The predicted octanol–water partition coefficient (Wildman–Crippen LogP) is 0.967. The number of nitrogens with zero attached hydrogens (tertiary/aromatic N) is 1. The minimum Gasteiger partial charge on any atom is -0.481 e. The van der Waals surface area contributed by atoms with Crippen LogP contribution in [0.15, 0.2) is 22.8 Å². The predicted molar refractivity (Wildman–Crippen MR) is 77.1 cm³/mol. The second-order valence-electron chi connectivity index (χ2n) is 5.78. The molecule has 1 aliphatic rings. The van der Waals surface area contributed by atoms with Gasteiger partial charge in [-0.1, -0.05) is 13.8 Å². The van der Waals surface area contributed by atoms with Crippen LogP contribution in [0.2, 0.25) is 0 Å². The molecule has 0 aliphatic carbocycles. The standard InChI is InChI=1S/C15H20N2O5/c1-9(2)12(16-13(18)11-4-3-7-22-11)14(19)17-6-5-10(8-17)15(20)21/h3-4,7,9-10,12H,5-6,8H2,1-2H3,(H,16,18)(H,20,21). The van der Waals surface area contributed by atoms with Crippen molar-refractivity contribution in [1.82, 2.24) is 10.2 Å². The van der Waals surface area contributed by atoms with Crippen molar-refractivity contribution >= 4 is 17.8 Å². The van der Waals surface area contributed by atoms with Crippen LogP contribution in [0.3, 0.4) is 0 Å². The Hall–Kier alpha value is -2.31. The topological polar surface area (TPSA) is 99.9 Å². The second-order valence-corrected chi connectivity index (χ2v) is 5.78. The van der Waals surface area contributed by atoms with E-state index in [1.165, 1.54) is 17.2 Å². The third-order valence-electron chi connectivity index (χ3n) is 3.81. The van der Waals surface area contributed by atoms with Gasteiger partial charge in [0.15, 0.2) is 5.76 Å². The normalized spacial score (nSPS) is 19.2. The number of carbonyl (C=O) groups excluding carboxylic acids is 2. The van der Waals surface area contributed by atoms with Gasteiger partial charge in [-0.2, -0.15) is 0 Å². The average Bonchev–Trinajstić information content (AvgIpc) is 3.13. The lowest BCUT2D eigenvalue weighted by atomic mass is 10.0. The largest absolute Gasteiger partial charge is 0.481 e. The lowest BCUT2D eigenvalue weighted by molar-refractivity contribution is -0.141. The number of furan rings is 1. The molecule has 2 N–H and O–H groups in total. The molecule has 2 atom stereocenters. The Labute approximate surface area is 128 Å². The molecule has 7 nitrogen and oxygen atoms in total. The van der Waals surface area contributed by atoms with E-state index in [4.69, 9.17) is 9.52 Å². The van der Waals surface area contributed by atoms with Gasteiger partial charge in [-0.3, -0.25) is 14.4 Å². The number of carboxylic acids is 1. The van der Waals surface area contributed by atoms with Gasteiger partial charge in [0.2, 0.25) is 5.91 Å². The number of hydrogen-bond acceptors (Lipinski definition) is 4. The van der Waals surface area contributed by atoms with E-state index in [9.17, 15) is 14.4 Å². The van der Waals surface area contributed by atoms with Crippen LogP contribution in [0, 0.1) is 11.8 Å². The molecule has 22 heavy (non-hydrogen) atoms. The van der Waals surface area contributed by atoms with Crippen LogP contribution >= 0.6 is 0 Å². The van der Waals surface area contributed by atoms with Gasteiger partial charge in [0.05, 0.1) is 12.2 Å². The maximum Gasteiger partial charge on any atom is 0.308 e. The molecule has 0 aromatic carbocycles. The highest BCUT2D eigenvalue weighted by Crippen LogP contribution is 2.19. The quantitative estimate of drug-likeness (QED) is 0.844. The highest BCUT2D eigenvalue weighted by Gasteiger charge is 2.36. The Morgan fingerprint density at radius 2 is 2.14 bits per heavy atom. The van der Waals surface area contributed by atoms with Crippen molar-refractivity contribution in [2.75, 3.05) is 13.1 Å². The number of rotatable bonds is 5. The molecule has 0 bridgehead atoms. The first kappa shape index (κ1) is 16.1.